The van der Waals surface area contributed by atoms with E-state index in [0.717, 1.165) is 5.39 Å². The Bertz CT molecular complexity index is 1360. The van der Waals surface area contributed by atoms with E-state index in [2.05, 4.69) is 10.1 Å². The van der Waals surface area contributed by atoms with Crippen LogP contribution in [0.4, 0.5) is 11.4 Å². The van der Waals surface area contributed by atoms with Crippen molar-refractivity contribution in [2.24, 2.45) is 0 Å². The van der Waals surface area contributed by atoms with Crippen molar-refractivity contribution >= 4 is 28.1 Å². The Kier molecular flexibility index (Phi) is 4.01. The second-order valence-corrected chi connectivity index (χ2v) is 7.48. The van der Waals surface area contributed by atoms with Gasteiger partial charge in [0.25, 0.3) is 11.5 Å². The summed E-state index contributed by atoms with van der Waals surface area (Å²) >= 11 is 0. The van der Waals surface area contributed by atoms with Gasteiger partial charge in [0.05, 0.1) is 35.7 Å². The molecule has 1 amide bonds. The lowest BCUT2D eigenvalue weighted by Crippen LogP contribution is -2.35. The molecule has 2 aromatic heterocycles. The molecule has 148 valence electrons. The van der Waals surface area contributed by atoms with Gasteiger partial charge in [-0.15, -0.1) is 0 Å². The number of pyridine rings is 1. The van der Waals surface area contributed by atoms with Crippen molar-refractivity contribution in [1.82, 2.24) is 14.8 Å². The SMILES string of the molecule is C[C@]1(O)C(=O)N(c2cncc(Cn3ncc4ccccc4c3=O)c2)c2ccccc21. The second-order valence-electron chi connectivity index (χ2n) is 7.48. The monoisotopic (exact) mass is 398 g/mol. The predicted molar refractivity (Wildman–Crippen MR) is 113 cm³/mol. The van der Waals surface area contributed by atoms with Gasteiger partial charge in [0.1, 0.15) is 0 Å². The average molecular weight is 398 g/mol. The molecule has 0 fully saturated rings. The quantitative estimate of drug-likeness (QED) is 0.573. The number of anilines is 2. The number of aromatic nitrogens is 3. The summed E-state index contributed by atoms with van der Waals surface area (Å²) in [6.07, 6.45) is 4.86. The number of aliphatic hydroxyl groups is 1. The first-order chi connectivity index (χ1) is 14.5. The van der Waals surface area contributed by atoms with Crippen LogP contribution in [0.15, 0.2) is 78.0 Å². The van der Waals surface area contributed by atoms with Crippen LogP contribution in [0.1, 0.15) is 18.1 Å². The predicted octanol–water partition coefficient (Wildman–Crippen LogP) is 2.73. The summed E-state index contributed by atoms with van der Waals surface area (Å²) < 4.78 is 1.37. The Balaban J connectivity index is 1.54. The van der Waals surface area contributed by atoms with Crippen LogP contribution in [-0.4, -0.2) is 25.8 Å². The van der Waals surface area contributed by atoms with E-state index in [4.69, 9.17) is 0 Å². The molecular weight excluding hydrogens is 380 g/mol. The standard InChI is InChI=1S/C23H18N4O3/c1-23(30)19-8-4-5-9-20(19)27(22(23)29)17-10-15(11-24-13-17)14-26-21(28)18-7-3-2-6-16(18)12-25-26/h2-13,30H,14H2,1H3/t23-/m1/s1. The van der Waals surface area contributed by atoms with E-state index >= 15 is 0 Å². The Morgan fingerprint density at radius 2 is 1.77 bits per heavy atom. The third-order valence-corrected chi connectivity index (χ3v) is 5.42. The number of fused-ring (bicyclic) bond motifs is 2. The van der Waals surface area contributed by atoms with Gasteiger partial charge >= 0.3 is 0 Å². The molecule has 1 aliphatic heterocycles. The molecule has 1 N–H and O–H groups in total. The first-order valence-corrected chi connectivity index (χ1v) is 9.52. The fraction of sp³-hybridized carbons (Fsp3) is 0.130. The maximum Gasteiger partial charge on any atom is 0.274 e. The van der Waals surface area contributed by atoms with Crippen molar-refractivity contribution in [1.29, 1.82) is 0 Å². The molecule has 0 unspecified atom stereocenters. The van der Waals surface area contributed by atoms with Crippen molar-refractivity contribution < 1.29 is 9.90 Å². The molecule has 0 aliphatic carbocycles. The molecule has 5 rings (SSSR count). The number of carbonyl (C=O) groups is 1. The van der Waals surface area contributed by atoms with Gasteiger partial charge in [-0.3, -0.25) is 19.5 Å². The van der Waals surface area contributed by atoms with Crippen molar-refractivity contribution in [2.75, 3.05) is 4.90 Å². The molecule has 0 saturated heterocycles. The summed E-state index contributed by atoms with van der Waals surface area (Å²) in [7, 11) is 0. The molecular formula is C23H18N4O3. The number of para-hydroxylation sites is 1. The molecule has 0 spiro atoms. The van der Waals surface area contributed by atoms with Crippen LogP contribution in [0.2, 0.25) is 0 Å². The highest BCUT2D eigenvalue weighted by Gasteiger charge is 2.46. The number of hydrogen-bond acceptors (Lipinski definition) is 5. The van der Waals surface area contributed by atoms with Crippen LogP contribution >= 0.6 is 0 Å². The summed E-state index contributed by atoms with van der Waals surface area (Å²) in [6, 6.07) is 16.2. The fourth-order valence-electron chi connectivity index (χ4n) is 3.87. The van der Waals surface area contributed by atoms with Gasteiger partial charge in [0, 0.05) is 17.1 Å². The van der Waals surface area contributed by atoms with Crippen LogP contribution in [0, 0.1) is 0 Å². The molecule has 30 heavy (non-hydrogen) atoms. The van der Waals surface area contributed by atoms with Gasteiger partial charge in [0.2, 0.25) is 0 Å². The van der Waals surface area contributed by atoms with Crippen LogP contribution < -0.4 is 10.5 Å². The van der Waals surface area contributed by atoms with Crippen LogP contribution in [0.25, 0.3) is 10.8 Å². The minimum Gasteiger partial charge on any atom is -0.375 e. The third kappa shape index (κ3) is 2.71. The maximum absolute atomic E-state index is 12.9. The van der Waals surface area contributed by atoms with Crippen LogP contribution in [0.5, 0.6) is 0 Å². The lowest BCUT2D eigenvalue weighted by Gasteiger charge is -2.20. The molecule has 1 atom stereocenters. The highest BCUT2D eigenvalue weighted by molar-refractivity contribution is 6.11. The second kappa shape index (κ2) is 6.60. The molecule has 0 radical (unpaired) electrons. The summed E-state index contributed by atoms with van der Waals surface area (Å²) in [4.78, 5) is 31.4. The van der Waals surface area contributed by atoms with Gasteiger partial charge in [0.15, 0.2) is 5.60 Å². The Morgan fingerprint density at radius 1 is 1.00 bits per heavy atom. The summed E-state index contributed by atoms with van der Waals surface area (Å²) in [5.74, 6) is -0.441. The van der Waals surface area contributed by atoms with E-state index in [1.165, 1.54) is 16.5 Å². The van der Waals surface area contributed by atoms with Gasteiger partial charge in [-0.1, -0.05) is 36.4 Å². The normalized spacial score (nSPS) is 18.1. The van der Waals surface area contributed by atoms with Crippen molar-refractivity contribution in [3.05, 3.63) is 94.7 Å². The Labute approximate surface area is 171 Å². The van der Waals surface area contributed by atoms with Gasteiger partial charge in [-0.05, 0) is 30.7 Å². The molecule has 7 nitrogen and oxygen atoms in total. The highest BCUT2D eigenvalue weighted by Crippen LogP contribution is 2.43. The summed E-state index contributed by atoms with van der Waals surface area (Å²) in [5, 5.41) is 16.4. The molecule has 7 heteroatoms. The topological polar surface area (TPSA) is 88.3 Å². The number of amides is 1. The zero-order valence-corrected chi connectivity index (χ0v) is 16.2. The van der Waals surface area contributed by atoms with Crippen LogP contribution in [0.3, 0.4) is 0 Å². The number of rotatable bonds is 3. The zero-order chi connectivity index (χ0) is 20.9. The van der Waals surface area contributed by atoms with E-state index in [0.29, 0.717) is 27.9 Å². The minimum atomic E-state index is -1.61. The smallest absolute Gasteiger partial charge is 0.274 e. The maximum atomic E-state index is 12.9. The van der Waals surface area contributed by atoms with Gasteiger partial charge in [-0.2, -0.15) is 5.10 Å². The number of hydrogen-bond donors (Lipinski definition) is 1. The highest BCUT2D eigenvalue weighted by atomic mass is 16.3. The first kappa shape index (κ1) is 18.2. The zero-order valence-electron chi connectivity index (χ0n) is 16.2. The Morgan fingerprint density at radius 3 is 2.63 bits per heavy atom. The van der Waals surface area contributed by atoms with Gasteiger partial charge < -0.3 is 5.11 Å². The van der Waals surface area contributed by atoms with Crippen molar-refractivity contribution in [3.63, 3.8) is 0 Å². The summed E-state index contributed by atoms with van der Waals surface area (Å²) in [5.41, 5.74) is 0.610. The van der Waals surface area contributed by atoms with Crippen molar-refractivity contribution in [2.45, 2.75) is 19.1 Å². The van der Waals surface area contributed by atoms with Gasteiger partial charge in [-0.25, -0.2) is 4.68 Å². The third-order valence-electron chi connectivity index (χ3n) is 5.42. The van der Waals surface area contributed by atoms with Crippen molar-refractivity contribution in [3.8, 4) is 0 Å². The lowest BCUT2D eigenvalue weighted by molar-refractivity contribution is -0.133. The molecule has 4 aromatic rings. The van der Waals surface area contributed by atoms with E-state index in [1.54, 1.807) is 48.9 Å². The average Bonchev–Trinajstić information content (AvgIpc) is 2.96. The van der Waals surface area contributed by atoms with E-state index in [-0.39, 0.29) is 12.1 Å². The number of benzene rings is 2. The molecule has 0 saturated carbocycles. The molecule has 0 bridgehead atoms. The van der Waals surface area contributed by atoms with E-state index in [1.807, 2.05) is 24.3 Å². The number of carbonyl (C=O) groups excluding carboxylic acids is 1. The van der Waals surface area contributed by atoms with E-state index in [9.17, 15) is 14.7 Å². The fourth-order valence-corrected chi connectivity index (χ4v) is 3.87. The Hall–Kier alpha value is -3.84. The molecule has 3 heterocycles. The van der Waals surface area contributed by atoms with Crippen LogP contribution in [-0.2, 0) is 16.9 Å². The molecule has 2 aromatic carbocycles. The summed E-state index contributed by atoms with van der Waals surface area (Å²) in [6.45, 7) is 1.70. The largest absolute Gasteiger partial charge is 0.375 e. The van der Waals surface area contributed by atoms with E-state index < -0.39 is 11.5 Å². The number of nitrogens with zero attached hydrogens (tertiary/aromatic N) is 4. The first-order valence-electron chi connectivity index (χ1n) is 9.52. The molecule has 1 aliphatic rings. The minimum absolute atomic E-state index is 0.191. The lowest BCUT2D eigenvalue weighted by atomic mass is 9.98.